The summed E-state index contributed by atoms with van der Waals surface area (Å²) in [5, 5.41) is 4.94. The van der Waals surface area contributed by atoms with Gasteiger partial charge in [0.05, 0.1) is 12.1 Å². The predicted molar refractivity (Wildman–Crippen MR) is 104 cm³/mol. The van der Waals surface area contributed by atoms with Crippen LogP contribution in [0.2, 0.25) is 0 Å². The Morgan fingerprint density at radius 3 is 2.52 bits per heavy atom. The number of hydrogen-bond acceptors (Lipinski definition) is 3. The van der Waals surface area contributed by atoms with Gasteiger partial charge < -0.3 is 0 Å². The molecule has 0 atom stereocenters. The second-order valence-corrected chi connectivity index (χ2v) is 6.58. The monoisotopic (exact) mass is 388 g/mol. The summed E-state index contributed by atoms with van der Waals surface area (Å²) in [4.78, 5) is 4.44. The van der Waals surface area contributed by atoms with Crippen molar-refractivity contribution in [3.63, 3.8) is 0 Å². The molecule has 0 bridgehead atoms. The number of alkyl halides is 3. The van der Waals surface area contributed by atoms with Gasteiger partial charge in [-0.3, -0.25) is 3.96 Å². The topological polar surface area (TPSA) is 17.3 Å². The first kappa shape index (κ1) is 21.4. The predicted octanol–water partition coefficient (Wildman–Crippen LogP) is 7.46. The molecule has 0 aromatic carbocycles. The molecule has 0 fully saturated rings. The quantitative estimate of drug-likeness (QED) is 0.361. The van der Waals surface area contributed by atoms with Crippen LogP contribution in [0, 0.1) is 6.92 Å². The number of aromatic nitrogens is 1. The Kier molecular flexibility index (Phi) is 8.92. The molecule has 138 valence electrons. The standard InChI is InChI=1S/C16H17F3N2S2.C2H6/c1-3-14(6-4-5-8-16(17,18)19)21-12(2)15(23-21)20-10-13-7-9-22-11-13;1-2/h3-5,7,9-11H,6,8H2,1-2H3;1-2H3/b5-4-,14-3+,20-10+;. The van der Waals surface area contributed by atoms with E-state index in [-0.39, 0.29) is 0 Å². The molecule has 0 aliphatic rings. The molecule has 0 spiro atoms. The van der Waals surface area contributed by atoms with Crippen molar-refractivity contribution in [1.82, 2.24) is 3.96 Å². The second-order valence-electron chi connectivity index (χ2n) is 4.87. The molecule has 25 heavy (non-hydrogen) atoms. The van der Waals surface area contributed by atoms with Gasteiger partial charge in [0, 0.05) is 23.9 Å². The van der Waals surface area contributed by atoms with Crippen LogP contribution in [0.1, 0.15) is 44.9 Å². The molecule has 0 amide bonds. The lowest BCUT2D eigenvalue weighted by Crippen LogP contribution is -2.05. The molecular weight excluding hydrogens is 365 g/mol. The highest BCUT2D eigenvalue weighted by molar-refractivity contribution is 7.12. The zero-order valence-corrected chi connectivity index (χ0v) is 16.4. The Hall–Kier alpha value is -1.60. The Morgan fingerprint density at radius 2 is 2.00 bits per heavy atom. The average Bonchev–Trinajstić information content (AvgIpc) is 3.09. The van der Waals surface area contributed by atoms with Crippen LogP contribution in [-0.4, -0.2) is 16.3 Å². The molecule has 2 heterocycles. The molecule has 0 saturated carbocycles. The fourth-order valence-electron chi connectivity index (χ4n) is 1.88. The van der Waals surface area contributed by atoms with E-state index in [1.54, 1.807) is 17.4 Å². The van der Waals surface area contributed by atoms with Crippen molar-refractivity contribution in [3.05, 3.63) is 46.3 Å². The van der Waals surface area contributed by atoms with Gasteiger partial charge in [-0.05, 0) is 42.2 Å². The average molecular weight is 389 g/mol. The smallest absolute Gasteiger partial charge is 0.270 e. The van der Waals surface area contributed by atoms with Gasteiger partial charge in [-0.25, -0.2) is 4.99 Å². The highest BCUT2D eigenvalue weighted by Crippen LogP contribution is 2.34. The molecule has 7 heteroatoms. The number of halogens is 3. The lowest BCUT2D eigenvalue weighted by molar-refractivity contribution is -0.125. The third kappa shape index (κ3) is 7.04. The van der Waals surface area contributed by atoms with E-state index < -0.39 is 12.6 Å². The van der Waals surface area contributed by atoms with E-state index in [0.29, 0.717) is 6.42 Å². The lowest BCUT2D eigenvalue weighted by Gasteiger charge is -2.18. The summed E-state index contributed by atoms with van der Waals surface area (Å²) in [7, 11) is 0. The first-order chi connectivity index (χ1) is 11.9. The summed E-state index contributed by atoms with van der Waals surface area (Å²) in [6.45, 7) is 7.84. The van der Waals surface area contributed by atoms with E-state index in [1.165, 1.54) is 17.6 Å². The van der Waals surface area contributed by atoms with Crippen molar-refractivity contribution in [1.29, 1.82) is 0 Å². The van der Waals surface area contributed by atoms with Gasteiger partial charge in [0.1, 0.15) is 0 Å². The summed E-state index contributed by atoms with van der Waals surface area (Å²) in [5.74, 6) is 0. The van der Waals surface area contributed by atoms with Crippen LogP contribution in [0.4, 0.5) is 18.2 Å². The molecule has 0 radical (unpaired) electrons. The second kappa shape index (κ2) is 10.4. The molecule has 2 aromatic rings. The molecule has 0 aliphatic carbocycles. The van der Waals surface area contributed by atoms with Gasteiger partial charge in [0.25, 0.3) is 0 Å². The minimum absolute atomic E-state index is 0.471. The first-order valence-corrected chi connectivity index (χ1v) is 9.74. The van der Waals surface area contributed by atoms with E-state index in [2.05, 4.69) is 4.99 Å². The van der Waals surface area contributed by atoms with Gasteiger partial charge >= 0.3 is 6.18 Å². The molecule has 0 N–H and O–H groups in total. The molecule has 2 aromatic heterocycles. The van der Waals surface area contributed by atoms with E-state index in [0.717, 1.165) is 22.0 Å². The number of allylic oxidation sites excluding steroid dienone is 4. The van der Waals surface area contributed by atoms with E-state index in [9.17, 15) is 13.2 Å². The summed E-state index contributed by atoms with van der Waals surface area (Å²) >= 11 is 3.11. The maximum absolute atomic E-state index is 12.1. The number of aliphatic imine (C=N–C) groups is 1. The largest absolute Gasteiger partial charge is 0.392 e. The molecular formula is C18H23F3N2S2. The Bertz CT molecular complexity index is 702. The zero-order chi connectivity index (χ0) is 18.9. The van der Waals surface area contributed by atoms with E-state index >= 15 is 0 Å². The summed E-state index contributed by atoms with van der Waals surface area (Å²) in [5.41, 5.74) is 3.04. The normalized spacial score (nSPS) is 12.8. The fraction of sp³-hybridized carbons (Fsp3) is 0.389. The van der Waals surface area contributed by atoms with Gasteiger partial charge in [-0.15, -0.1) is 0 Å². The Balaban J connectivity index is 0.00000151. The molecule has 0 aliphatic heterocycles. The van der Waals surface area contributed by atoms with Gasteiger partial charge in [-0.1, -0.05) is 32.1 Å². The lowest BCUT2D eigenvalue weighted by atomic mass is 10.2. The third-order valence-corrected chi connectivity index (χ3v) is 5.07. The van der Waals surface area contributed by atoms with Crippen LogP contribution in [0.15, 0.2) is 40.0 Å². The van der Waals surface area contributed by atoms with E-state index in [1.807, 2.05) is 60.8 Å². The van der Waals surface area contributed by atoms with Gasteiger partial charge in [0.2, 0.25) is 0 Å². The first-order valence-electron chi connectivity index (χ1n) is 8.03. The van der Waals surface area contributed by atoms with Crippen molar-refractivity contribution in [2.45, 2.75) is 46.7 Å². The maximum Gasteiger partial charge on any atom is 0.392 e. The van der Waals surface area contributed by atoms with Crippen molar-refractivity contribution in [2.75, 3.05) is 0 Å². The number of nitrogens with zero attached hydrogens (tertiary/aromatic N) is 2. The van der Waals surface area contributed by atoms with Crippen LogP contribution in [0.3, 0.4) is 0 Å². The fourth-order valence-corrected chi connectivity index (χ4v) is 3.38. The van der Waals surface area contributed by atoms with Crippen molar-refractivity contribution in [3.8, 4) is 0 Å². The minimum Gasteiger partial charge on any atom is -0.270 e. The molecule has 2 rings (SSSR count). The van der Waals surface area contributed by atoms with Crippen LogP contribution >= 0.6 is 22.9 Å². The molecule has 2 nitrogen and oxygen atoms in total. The van der Waals surface area contributed by atoms with Crippen molar-refractivity contribution in [2.24, 2.45) is 4.99 Å². The van der Waals surface area contributed by atoms with Gasteiger partial charge in [-0.2, -0.15) is 24.5 Å². The minimum atomic E-state index is -4.14. The number of hydrogen-bond donors (Lipinski definition) is 0. The highest BCUT2D eigenvalue weighted by atomic mass is 32.1. The summed E-state index contributed by atoms with van der Waals surface area (Å²) in [6, 6.07) is 1.99. The van der Waals surface area contributed by atoms with Gasteiger partial charge in [0.15, 0.2) is 5.00 Å². The highest BCUT2D eigenvalue weighted by Gasteiger charge is 2.24. The number of rotatable bonds is 6. The van der Waals surface area contributed by atoms with Crippen molar-refractivity contribution < 1.29 is 13.2 Å². The van der Waals surface area contributed by atoms with Crippen LogP contribution in [0.25, 0.3) is 5.70 Å². The van der Waals surface area contributed by atoms with Crippen LogP contribution in [0.5, 0.6) is 0 Å². The van der Waals surface area contributed by atoms with Crippen LogP contribution in [-0.2, 0) is 0 Å². The summed E-state index contributed by atoms with van der Waals surface area (Å²) < 4.78 is 38.3. The SMILES string of the molecule is C/C=C(\C/C=C\CC(F)(F)F)n1sc(/N=C/c2ccsc2)c1C.CC. The maximum atomic E-state index is 12.1. The molecule has 0 unspecified atom stereocenters. The summed E-state index contributed by atoms with van der Waals surface area (Å²) in [6.07, 6.45) is 1.90. The van der Waals surface area contributed by atoms with E-state index in [4.69, 9.17) is 0 Å². The number of thiophene rings is 1. The van der Waals surface area contributed by atoms with Crippen LogP contribution < -0.4 is 0 Å². The van der Waals surface area contributed by atoms with Crippen molar-refractivity contribution >= 4 is 39.8 Å². The Labute approximate surface area is 155 Å². The third-order valence-electron chi connectivity index (χ3n) is 3.10. The zero-order valence-electron chi connectivity index (χ0n) is 14.8. The Morgan fingerprint density at radius 1 is 1.28 bits per heavy atom. The molecule has 0 saturated heterocycles.